The standard InChI is InChI=1S/C25H33N3O3S/c1-28(17-18-11-13-26-14-12-18)23-8-4-19-3-7-22(15-21(19)16-23)27-25(29)20-5-9-24(10-6-20)32(2,30)31/h3,5-7,9-10,15,18,23,26H,4,8,11-14,16-17H2,1-2H3,(H,27,29). The summed E-state index contributed by atoms with van der Waals surface area (Å²) >= 11 is 0. The van der Waals surface area contributed by atoms with Crippen molar-refractivity contribution in [2.45, 2.75) is 43.0 Å². The maximum Gasteiger partial charge on any atom is 0.255 e. The molecule has 6 nitrogen and oxygen atoms in total. The van der Waals surface area contributed by atoms with Crippen LogP contribution in [0.2, 0.25) is 0 Å². The number of carbonyl (C=O) groups excluding carboxylic acids is 1. The second kappa shape index (κ2) is 9.73. The lowest BCUT2D eigenvalue weighted by Crippen LogP contribution is -2.41. The Bertz CT molecular complexity index is 1060. The highest BCUT2D eigenvalue weighted by Crippen LogP contribution is 2.28. The summed E-state index contributed by atoms with van der Waals surface area (Å²) in [5, 5.41) is 6.41. The number of carbonyl (C=O) groups is 1. The molecular weight excluding hydrogens is 422 g/mol. The first-order valence-electron chi connectivity index (χ1n) is 11.4. The van der Waals surface area contributed by atoms with Gasteiger partial charge >= 0.3 is 0 Å². The van der Waals surface area contributed by atoms with Gasteiger partial charge in [-0.1, -0.05) is 6.07 Å². The van der Waals surface area contributed by atoms with Gasteiger partial charge < -0.3 is 15.5 Å². The number of nitrogens with zero attached hydrogens (tertiary/aromatic N) is 1. The Morgan fingerprint density at radius 3 is 2.47 bits per heavy atom. The summed E-state index contributed by atoms with van der Waals surface area (Å²) in [6.45, 7) is 3.42. The molecule has 0 bridgehead atoms. The van der Waals surface area contributed by atoms with Gasteiger partial charge in [0.15, 0.2) is 9.84 Å². The number of hydrogen-bond donors (Lipinski definition) is 2. The molecular formula is C25H33N3O3S. The van der Waals surface area contributed by atoms with Crippen LogP contribution >= 0.6 is 0 Å². The van der Waals surface area contributed by atoms with E-state index in [0.717, 1.165) is 50.3 Å². The second-order valence-corrected chi connectivity index (χ2v) is 11.3. The van der Waals surface area contributed by atoms with E-state index in [-0.39, 0.29) is 10.8 Å². The van der Waals surface area contributed by atoms with Gasteiger partial charge in [0.2, 0.25) is 0 Å². The third-order valence-corrected chi connectivity index (χ3v) is 7.97. The zero-order valence-electron chi connectivity index (χ0n) is 18.9. The topological polar surface area (TPSA) is 78.5 Å². The molecule has 7 heteroatoms. The second-order valence-electron chi connectivity index (χ2n) is 9.26. The number of rotatable bonds is 6. The first kappa shape index (κ1) is 23.0. The molecule has 1 aliphatic carbocycles. The van der Waals surface area contributed by atoms with Gasteiger partial charge in [0, 0.05) is 30.1 Å². The monoisotopic (exact) mass is 455 g/mol. The van der Waals surface area contributed by atoms with E-state index in [4.69, 9.17) is 0 Å². The van der Waals surface area contributed by atoms with Gasteiger partial charge in [-0.3, -0.25) is 4.79 Å². The lowest BCUT2D eigenvalue weighted by molar-refractivity contribution is 0.102. The largest absolute Gasteiger partial charge is 0.322 e. The molecule has 0 spiro atoms. The SMILES string of the molecule is CN(CC1CCNCC1)C1CCc2ccc(NC(=O)c3ccc(S(C)(=O)=O)cc3)cc2C1. The van der Waals surface area contributed by atoms with Crippen molar-refractivity contribution in [2.24, 2.45) is 5.92 Å². The van der Waals surface area contributed by atoms with E-state index in [1.165, 1.54) is 42.5 Å². The maximum atomic E-state index is 12.7. The fourth-order valence-electron chi connectivity index (χ4n) is 4.87. The van der Waals surface area contributed by atoms with E-state index < -0.39 is 9.84 Å². The summed E-state index contributed by atoms with van der Waals surface area (Å²) in [5.74, 6) is 0.544. The van der Waals surface area contributed by atoms with Crippen molar-refractivity contribution in [3.8, 4) is 0 Å². The number of benzene rings is 2. The quantitative estimate of drug-likeness (QED) is 0.700. The van der Waals surface area contributed by atoms with Crippen LogP contribution in [0, 0.1) is 5.92 Å². The third kappa shape index (κ3) is 5.57. The molecule has 2 N–H and O–H groups in total. The molecule has 1 fully saturated rings. The number of amides is 1. The average molecular weight is 456 g/mol. The Morgan fingerprint density at radius 1 is 1.06 bits per heavy atom. The Morgan fingerprint density at radius 2 is 1.78 bits per heavy atom. The maximum absolute atomic E-state index is 12.7. The highest BCUT2D eigenvalue weighted by atomic mass is 32.2. The predicted octanol–water partition coefficient (Wildman–Crippen LogP) is 3.13. The van der Waals surface area contributed by atoms with E-state index in [9.17, 15) is 13.2 Å². The highest BCUT2D eigenvalue weighted by Gasteiger charge is 2.25. The fourth-order valence-corrected chi connectivity index (χ4v) is 5.50. The number of nitrogens with one attached hydrogen (secondary N) is 2. The molecule has 1 heterocycles. The van der Waals surface area contributed by atoms with Crippen molar-refractivity contribution in [2.75, 3.05) is 38.3 Å². The summed E-state index contributed by atoms with van der Waals surface area (Å²) in [6.07, 6.45) is 6.92. The number of anilines is 1. The van der Waals surface area contributed by atoms with E-state index in [1.807, 2.05) is 6.07 Å². The molecule has 1 aliphatic heterocycles. The van der Waals surface area contributed by atoms with Gasteiger partial charge in [-0.05, 0) is 106 Å². The molecule has 1 unspecified atom stereocenters. The van der Waals surface area contributed by atoms with Gasteiger partial charge in [0.1, 0.15) is 0 Å². The van der Waals surface area contributed by atoms with Crippen LogP contribution in [-0.2, 0) is 22.7 Å². The number of fused-ring (bicyclic) bond motifs is 1. The van der Waals surface area contributed by atoms with E-state index >= 15 is 0 Å². The lowest BCUT2D eigenvalue weighted by Gasteiger charge is -2.36. The van der Waals surface area contributed by atoms with Crippen molar-refractivity contribution in [1.29, 1.82) is 0 Å². The fraction of sp³-hybridized carbons (Fsp3) is 0.480. The zero-order chi connectivity index (χ0) is 22.7. The van der Waals surface area contributed by atoms with E-state index in [1.54, 1.807) is 12.1 Å². The minimum Gasteiger partial charge on any atom is -0.322 e. The Kier molecular flexibility index (Phi) is 6.98. The van der Waals surface area contributed by atoms with Crippen LogP contribution < -0.4 is 10.6 Å². The van der Waals surface area contributed by atoms with E-state index in [2.05, 4.69) is 34.7 Å². The first-order valence-corrected chi connectivity index (χ1v) is 13.3. The summed E-state index contributed by atoms with van der Waals surface area (Å²) < 4.78 is 23.2. The van der Waals surface area contributed by atoms with Crippen LogP contribution in [0.15, 0.2) is 47.4 Å². The normalized spacial score (nSPS) is 19.5. The molecule has 1 saturated heterocycles. The number of hydrogen-bond acceptors (Lipinski definition) is 5. The Labute approximate surface area is 191 Å². The Hall–Kier alpha value is -2.22. The summed E-state index contributed by atoms with van der Waals surface area (Å²) in [6, 6.07) is 12.8. The summed E-state index contributed by atoms with van der Waals surface area (Å²) in [4.78, 5) is 15.4. The molecule has 4 rings (SSSR count). The zero-order valence-corrected chi connectivity index (χ0v) is 19.7. The summed E-state index contributed by atoms with van der Waals surface area (Å²) in [5.41, 5.74) is 3.90. The van der Waals surface area contributed by atoms with Crippen LogP contribution in [0.5, 0.6) is 0 Å². The van der Waals surface area contributed by atoms with Gasteiger partial charge in [-0.2, -0.15) is 0 Å². The molecule has 0 saturated carbocycles. The number of aryl methyl sites for hydroxylation is 1. The smallest absolute Gasteiger partial charge is 0.255 e. The van der Waals surface area contributed by atoms with Crippen molar-refractivity contribution >= 4 is 21.4 Å². The predicted molar refractivity (Wildman–Crippen MR) is 128 cm³/mol. The van der Waals surface area contributed by atoms with E-state index in [0.29, 0.717) is 11.6 Å². The molecule has 0 radical (unpaired) electrons. The molecule has 1 atom stereocenters. The van der Waals surface area contributed by atoms with Crippen LogP contribution in [0.1, 0.15) is 40.7 Å². The molecule has 32 heavy (non-hydrogen) atoms. The number of sulfone groups is 1. The molecule has 2 aromatic rings. The minimum absolute atomic E-state index is 0.211. The van der Waals surface area contributed by atoms with Crippen molar-refractivity contribution in [3.05, 3.63) is 59.2 Å². The van der Waals surface area contributed by atoms with Gasteiger partial charge in [0.25, 0.3) is 5.91 Å². The van der Waals surface area contributed by atoms with Gasteiger partial charge in [-0.15, -0.1) is 0 Å². The van der Waals surface area contributed by atoms with Crippen molar-refractivity contribution in [3.63, 3.8) is 0 Å². The van der Waals surface area contributed by atoms with Crippen LogP contribution in [0.4, 0.5) is 5.69 Å². The van der Waals surface area contributed by atoms with Gasteiger partial charge in [-0.25, -0.2) is 8.42 Å². The van der Waals surface area contributed by atoms with Gasteiger partial charge in [0.05, 0.1) is 4.90 Å². The lowest BCUT2D eigenvalue weighted by atomic mass is 9.86. The third-order valence-electron chi connectivity index (χ3n) is 6.84. The molecule has 172 valence electrons. The molecule has 1 amide bonds. The van der Waals surface area contributed by atoms with Crippen molar-refractivity contribution < 1.29 is 13.2 Å². The summed E-state index contributed by atoms with van der Waals surface area (Å²) in [7, 11) is -1.02. The number of piperidine rings is 1. The molecule has 0 aromatic heterocycles. The van der Waals surface area contributed by atoms with Crippen LogP contribution in [0.25, 0.3) is 0 Å². The molecule has 2 aromatic carbocycles. The molecule has 2 aliphatic rings. The minimum atomic E-state index is -3.28. The van der Waals surface area contributed by atoms with Crippen LogP contribution in [0.3, 0.4) is 0 Å². The number of likely N-dealkylation sites (N-methyl/N-ethyl adjacent to an activating group) is 1. The highest BCUT2D eigenvalue weighted by molar-refractivity contribution is 7.90. The average Bonchev–Trinajstić information content (AvgIpc) is 2.78. The first-order chi connectivity index (χ1) is 15.3. The Balaban J connectivity index is 1.40. The van der Waals surface area contributed by atoms with Crippen LogP contribution in [-0.4, -0.2) is 58.2 Å². The van der Waals surface area contributed by atoms with Crippen molar-refractivity contribution in [1.82, 2.24) is 10.2 Å².